The van der Waals surface area contributed by atoms with E-state index in [1.54, 1.807) is 23.1 Å². The highest BCUT2D eigenvalue weighted by Crippen LogP contribution is 2.62. The molecule has 1 aliphatic heterocycles. The molecular formula is C31H35N4O4S-. The molecule has 210 valence electrons. The molecule has 1 amide bonds. The zero-order valence-electron chi connectivity index (χ0n) is 24.3. The van der Waals surface area contributed by atoms with Crippen LogP contribution >= 0.6 is 0 Å². The van der Waals surface area contributed by atoms with Gasteiger partial charge in [-0.2, -0.15) is 0 Å². The second kappa shape index (κ2) is 9.87. The highest BCUT2D eigenvalue weighted by atomic mass is 32.2. The summed E-state index contributed by atoms with van der Waals surface area (Å²) in [6.45, 7) is 8.20. The van der Waals surface area contributed by atoms with Crippen LogP contribution in [-0.4, -0.2) is 47.9 Å². The Hall–Kier alpha value is -3.46. The van der Waals surface area contributed by atoms with Crippen LogP contribution in [0.1, 0.15) is 68.8 Å². The van der Waals surface area contributed by atoms with Gasteiger partial charge in [0.05, 0.1) is 12.3 Å². The Kier molecular flexibility index (Phi) is 6.29. The van der Waals surface area contributed by atoms with E-state index >= 15 is 0 Å². The Balaban J connectivity index is 1.50. The predicted molar refractivity (Wildman–Crippen MR) is 153 cm³/mol. The first-order chi connectivity index (χ1) is 19.4. The van der Waals surface area contributed by atoms with Crippen LogP contribution < -0.4 is 4.74 Å². The molecule has 0 radical (unpaired) electrons. The molecule has 3 aliphatic rings. The lowest BCUT2D eigenvalue weighted by molar-refractivity contribution is 0.00919. The Morgan fingerprint density at radius 2 is 1.80 bits per heavy atom. The molecule has 4 bridgehead atoms. The number of amides is 1. The van der Waals surface area contributed by atoms with E-state index in [-0.39, 0.29) is 46.1 Å². The first-order valence-electron chi connectivity index (χ1n) is 14.4. The second-order valence-corrected chi connectivity index (χ2v) is 13.5. The molecule has 9 heteroatoms. The van der Waals surface area contributed by atoms with E-state index in [4.69, 9.17) is 4.74 Å². The SMILES string of the molecule is [2H]C1(N2C(=O)c3cccc(c3)S(=O)(=O)[N-]c3nc(cc(-c4c(C)cccc4C)n3)OC[C@H]2CC(C)C)CC2(CC2)C1. The average Bonchev–Trinajstić information content (AvgIpc) is 3.66. The van der Waals surface area contributed by atoms with E-state index in [0.717, 1.165) is 29.5 Å². The van der Waals surface area contributed by atoms with Crippen molar-refractivity contribution in [3.63, 3.8) is 0 Å². The molecule has 2 saturated carbocycles. The standard InChI is InChI=1S/C31H35N4O4S/c1-19(2)13-23-18-39-27-15-26(28-20(3)7-5-8-21(28)4)32-30(33-27)34-40(37,38)25-10-6-9-22(14-25)29(36)35(23)24-16-31(17-24)11-12-31/h5-10,14-15,19,23-24H,11-13,16-18H2,1-4H3/q-1/t23-/m1/s1/i24D. The number of hydrogen-bond acceptors (Lipinski definition) is 6. The summed E-state index contributed by atoms with van der Waals surface area (Å²) >= 11 is 0. The summed E-state index contributed by atoms with van der Waals surface area (Å²) in [5, 5.41) is 0. The molecule has 0 unspecified atom stereocenters. The monoisotopic (exact) mass is 560 g/mol. The van der Waals surface area contributed by atoms with Crippen molar-refractivity contribution in [1.82, 2.24) is 14.9 Å². The van der Waals surface area contributed by atoms with Crippen molar-refractivity contribution in [2.75, 3.05) is 6.61 Å². The van der Waals surface area contributed by atoms with Gasteiger partial charge in [-0.15, -0.1) is 0 Å². The molecule has 40 heavy (non-hydrogen) atoms. The number of fused-ring (bicyclic) bond motifs is 4. The third-order valence-corrected chi connectivity index (χ3v) is 9.47. The number of carbonyl (C=O) groups is 1. The van der Waals surface area contributed by atoms with Crippen LogP contribution in [0.3, 0.4) is 0 Å². The minimum atomic E-state index is -4.26. The number of rotatable bonds is 4. The van der Waals surface area contributed by atoms with Crippen molar-refractivity contribution in [2.24, 2.45) is 11.3 Å². The van der Waals surface area contributed by atoms with Crippen LogP contribution in [0, 0.1) is 25.2 Å². The van der Waals surface area contributed by atoms with Crippen LogP contribution in [-0.2, 0) is 10.0 Å². The second-order valence-electron chi connectivity index (χ2n) is 11.9. The Morgan fingerprint density at radius 3 is 2.48 bits per heavy atom. The minimum Gasteiger partial charge on any atom is -0.488 e. The lowest BCUT2D eigenvalue weighted by atomic mass is 9.75. The van der Waals surface area contributed by atoms with Crippen molar-refractivity contribution < 1.29 is 19.3 Å². The summed E-state index contributed by atoms with van der Waals surface area (Å²) in [5.41, 5.74) is 3.67. The van der Waals surface area contributed by atoms with Gasteiger partial charge in [-0.05, 0) is 98.2 Å². The molecule has 8 nitrogen and oxygen atoms in total. The molecule has 1 spiro atoms. The molecule has 0 saturated heterocycles. The van der Waals surface area contributed by atoms with Gasteiger partial charge in [0.25, 0.3) is 5.91 Å². The smallest absolute Gasteiger partial charge is 0.254 e. The van der Waals surface area contributed by atoms with Gasteiger partial charge in [0.2, 0.25) is 10.0 Å². The number of carbonyl (C=O) groups excluding carboxylic acids is 1. The van der Waals surface area contributed by atoms with Crippen molar-refractivity contribution in [3.8, 4) is 17.1 Å². The van der Waals surface area contributed by atoms with E-state index in [0.29, 0.717) is 25.0 Å². The van der Waals surface area contributed by atoms with Gasteiger partial charge in [0, 0.05) is 23.2 Å². The third-order valence-electron chi connectivity index (χ3n) is 8.22. The lowest BCUT2D eigenvalue weighted by Gasteiger charge is -2.47. The number of hydrogen-bond donors (Lipinski definition) is 0. The maximum absolute atomic E-state index is 14.2. The molecule has 2 aliphatic carbocycles. The Bertz CT molecular complexity index is 1610. The van der Waals surface area contributed by atoms with Gasteiger partial charge in [-0.3, -0.25) is 9.52 Å². The van der Waals surface area contributed by atoms with E-state index in [9.17, 15) is 14.6 Å². The van der Waals surface area contributed by atoms with Gasteiger partial charge >= 0.3 is 0 Å². The summed E-state index contributed by atoms with van der Waals surface area (Å²) in [6, 6.07) is 12.0. The summed E-state index contributed by atoms with van der Waals surface area (Å²) < 4.78 is 46.6. The fraction of sp³-hybridized carbons (Fsp3) is 0.452. The normalized spacial score (nSPS) is 22.6. The van der Waals surface area contributed by atoms with Crippen molar-refractivity contribution in [3.05, 3.63) is 69.9 Å². The van der Waals surface area contributed by atoms with Gasteiger partial charge in [-0.25, -0.2) is 8.42 Å². The fourth-order valence-corrected chi connectivity index (χ4v) is 6.95. The third kappa shape index (κ3) is 5.07. The lowest BCUT2D eigenvalue weighted by Crippen LogP contribution is -2.55. The summed E-state index contributed by atoms with van der Waals surface area (Å²) in [6.07, 6.45) is 4.01. The van der Waals surface area contributed by atoms with E-state index < -0.39 is 22.1 Å². The summed E-state index contributed by atoms with van der Waals surface area (Å²) in [7, 11) is -4.26. The highest BCUT2D eigenvalue weighted by molar-refractivity contribution is 7.94. The summed E-state index contributed by atoms with van der Waals surface area (Å²) in [4.78, 5) is 24.6. The maximum Gasteiger partial charge on any atom is 0.254 e. The van der Waals surface area contributed by atoms with E-state index in [2.05, 4.69) is 28.5 Å². The number of aryl methyl sites for hydroxylation is 2. The molecule has 1 aromatic heterocycles. The fourth-order valence-electron chi connectivity index (χ4n) is 6.02. The number of ether oxygens (including phenoxy) is 1. The number of sulfonamides is 1. The van der Waals surface area contributed by atoms with E-state index in [1.165, 1.54) is 12.1 Å². The van der Waals surface area contributed by atoms with Crippen LogP contribution in [0.15, 0.2) is 53.4 Å². The van der Waals surface area contributed by atoms with Crippen LogP contribution in [0.4, 0.5) is 5.95 Å². The largest absolute Gasteiger partial charge is 0.488 e. The number of aromatic nitrogens is 2. The van der Waals surface area contributed by atoms with Crippen LogP contribution in [0.5, 0.6) is 5.88 Å². The molecule has 2 fully saturated rings. The number of benzene rings is 2. The quantitative estimate of drug-likeness (QED) is 0.369. The highest BCUT2D eigenvalue weighted by Gasteiger charge is 2.56. The molecule has 6 rings (SSSR count). The Labute approximate surface area is 237 Å². The molecule has 1 atom stereocenters. The first kappa shape index (κ1) is 25.5. The van der Waals surface area contributed by atoms with Crippen LogP contribution in [0.2, 0.25) is 0 Å². The molecule has 3 aromatic rings. The number of nitrogens with zero attached hydrogens (tertiary/aromatic N) is 4. The van der Waals surface area contributed by atoms with Crippen molar-refractivity contribution in [2.45, 2.75) is 76.8 Å². The molecule has 0 N–H and O–H groups in total. The zero-order valence-corrected chi connectivity index (χ0v) is 24.2. The van der Waals surface area contributed by atoms with E-state index in [1.807, 2.05) is 32.0 Å². The molecular weight excluding hydrogens is 524 g/mol. The Morgan fingerprint density at radius 1 is 1.10 bits per heavy atom. The first-order valence-corrected chi connectivity index (χ1v) is 15.3. The predicted octanol–water partition coefficient (Wildman–Crippen LogP) is 6.35. The van der Waals surface area contributed by atoms with Gasteiger partial charge < -0.3 is 19.6 Å². The van der Waals surface area contributed by atoms with Crippen molar-refractivity contribution in [1.29, 1.82) is 0 Å². The summed E-state index contributed by atoms with van der Waals surface area (Å²) in [5.74, 6) is -0.207. The topological polar surface area (TPSA) is 104 Å². The van der Waals surface area contributed by atoms with Gasteiger partial charge in [0.15, 0.2) is 0 Å². The zero-order chi connectivity index (χ0) is 29.2. The molecule has 2 aromatic carbocycles. The maximum atomic E-state index is 14.2. The van der Waals surface area contributed by atoms with Crippen LogP contribution in [0.25, 0.3) is 16.0 Å². The minimum absolute atomic E-state index is 0.104. The average molecular weight is 561 g/mol. The van der Waals surface area contributed by atoms with Crippen molar-refractivity contribution >= 4 is 21.9 Å². The van der Waals surface area contributed by atoms with Gasteiger partial charge in [0.1, 0.15) is 12.5 Å². The molecule has 2 heterocycles. The van der Waals surface area contributed by atoms with Gasteiger partial charge in [-0.1, -0.05) is 38.1 Å².